The lowest BCUT2D eigenvalue weighted by Gasteiger charge is -2.26. The Morgan fingerprint density at radius 2 is 1.73 bits per heavy atom. The SMILES string of the molecule is O=C(CCCc1cccs1)Nc1cccc(C(=O)Nc2cccc(CN3CCOCC3)c2)c1. The molecule has 1 saturated heterocycles. The Labute approximate surface area is 198 Å². The molecule has 2 N–H and O–H groups in total. The number of hydrogen-bond donors (Lipinski definition) is 2. The van der Waals surface area contributed by atoms with Crippen molar-refractivity contribution in [3.05, 3.63) is 82.0 Å². The first-order valence-electron chi connectivity index (χ1n) is 11.3. The summed E-state index contributed by atoms with van der Waals surface area (Å²) in [5, 5.41) is 7.93. The first-order chi connectivity index (χ1) is 16.2. The third kappa shape index (κ3) is 7.25. The van der Waals surface area contributed by atoms with Crippen molar-refractivity contribution >= 4 is 34.5 Å². The number of benzene rings is 2. The molecule has 3 aromatic rings. The fourth-order valence-electron chi connectivity index (χ4n) is 3.81. The molecule has 6 nitrogen and oxygen atoms in total. The van der Waals surface area contributed by atoms with Crippen molar-refractivity contribution < 1.29 is 14.3 Å². The maximum Gasteiger partial charge on any atom is 0.255 e. The number of carbonyl (C=O) groups is 2. The van der Waals surface area contributed by atoms with Gasteiger partial charge in [0.25, 0.3) is 5.91 Å². The van der Waals surface area contributed by atoms with Gasteiger partial charge in [0, 0.05) is 47.9 Å². The molecule has 4 rings (SSSR count). The Morgan fingerprint density at radius 3 is 2.52 bits per heavy atom. The maximum absolute atomic E-state index is 12.8. The van der Waals surface area contributed by atoms with Crippen LogP contribution in [-0.4, -0.2) is 43.0 Å². The minimum atomic E-state index is -0.202. The van der Waals surface area contributed by atoms with Gasteiger partial charge in [-0.2, -0.15) is 0 Å². The van der Waals surface area contributed by atoms with Gasteiger partial charge in [0.05, 0.1) is 13.2 Å². The smallest absolute Gasteiger partial charge is 0.255 e. The zero-order valence-electron chi connectivity index (χ0n) is 18.6. The fourth-order valence-corrected chi connectivity index (χ4v) is 4.56. The van der Waals surface area contributed by atoms with E-state index < -0.39 is 0 Å². The van der Waals surface area contributed by atoms with Gasteiger partial charge in [-0.3, -0.25) is 14.5 Å². The number of nitrogens with one attached hydrogen (secondary N) is 2. The molecule has 0 unspecified atom stereocenters. The van der Waals surface area contributed by atoms with Crippen LogP contribution in [0.3, 0.4) is 0 Å². The van der Waals surface area contributed by atoms with Crippen molar-refractivity contribution in [2.24, 2.45) is 0 Å². The highest BCUT2D eigenvalue weighted by molar-refractivity contribution is 7.09. The summed E-state index contributed by atoms with van der Waals surface area (Å²) < 4.78 is 5.41. The number of rotatable bonds is 9. The Hall–Kier alpha value is -3.00. The second kappa shape index (κ2) is 11.7. The van der Waals surface area contributed by atoms with Crippen molar-refractivity contribution in [1.82, 2.24) is 4.90 Å². The van der Waals surface area contributed by atoms with Gasteiger partial charge < -0.3 is 15.4 Å². The highest BCUT2D eigenvalue weighted by Crippen LogP contribution is 2.17. The number of morpholine rings is 1. The van der Waals surface area contributed by atoms with Crippen molar-refractivity contribution in [1.29, 1.82) is 0 Å². The fraction of sp³-hybridized carbons (Fsp3) is 0.308. The third-order valence-corrected chi connectivity index (χ3v) is 6.45. The van der Waals surface area contributed by atoms with Crippen molar-refractivity contribution in [3.63, 3.8) is 0 Å². The van der Waals surface area contributed by atoms with Crippen LogP contribution in [-0.2, 0) is 22.5 Å². The molecule has 0 saturated carbocycles. The minimum absolute atomic E-state index is 0.0417. The van der Waals surface area contributed by atoms with Crippen molar-refractivity contribution in [3.8, 4) is 0 Å². The Morgan fingerprint density at radius 1 is 0.939 bits per heavy atom. The zero-order valence-corrected chi connectivity index (χ0v) is 19.4. The third-order valence-electron chi connectivity index (χ3n) is 5.51. The molecule has 0 aliphatic carbocycles. The highest BCUT2D eigenvalue weighted by Gasteiger charge is 2.12. The van der Waals surface area contributed by atoms with Crippen LogP contribution in [0.2, 0.25) is 0 Å². The van der Waals surface area contributed by atoms with Crippen LogP contribution in [0.4, 0.5) is 11.4 Å². The average molecular weight is 464 g/mol. The lowest BCUT2D eigenvalue weighted by atomic mass is 10.1. The van der Waals surface area contributed by atoms with Crippen LogP contribution < -0.4 is 10.6 Å². The van der Waals surface area contributed by atoms with Crippen molar-refractivity contribution in [2.45, 2.75) is 25.8 Å². The molecular weight excluding hydrogens is 434 g/mol. The zero-order chi connectivity index (χ0) is 22.9. The van der Waals surface area contributed by atoms with E-state index in [1.807, 2.05) is 29.6 Å². The Balaban J connectivity index is 1.30. The molecule has 1 aliphatic rings. The van der Waals surface area contributed by atoms with E-state index in [4.69, 9.17) is 4.74 Å². The van der Waals surface area contributed by atoms with Gasteiger partial charge in [0.1, 0.15) is 0 Å². The molecular formula is C26H29N3O3S. The summed E-state index contributed by atoms with van der Waals surface area (Å²) in [6.45, 7) is 4.20. The molecule has 1 aromatic heterocycles. The molecule has 7 heteroatoms. The van der Waals surface area contributed by atoms with Crippen LogP contribution in [0.1, 0.15) is 33.6 Å². The van der Waals surface area contributed by atoms with E-state index in [0.717, 1.165) is 56.9 Å². The molecule has 172 valence electrons. The van der Waals surface area contributed by atoms with E-state index in [1.165, 1.54) is 4.88 Å². The normalized spacial score (nSPS) is 14.1. The second-order valence-corrected chi connectivity index (χ2v) is 9.14. The Kier molecular flexibility index (Phi) is 8.24. The molecule has 0 atom stereocenters. The molecule has 0 radical (unpaired) electrons. The molecule has 33 heavy (non-hydrogen) atoms. The van der Waals surface area contributed by atoms with Crippen LogP contribution in [0.15, 0.2) is 66.0 Å². The van der Waals surface area contributed by atoms with Crippen LogP contribution in [0.25, 0.3) is 0 Å². The quantitative estimate of drug-likeness (QED) is 0.479. The van der Waals surface area contributed by atoms with Gasteiger partial charge in [0.15, 0.2) is 0 Å². The molecule has 1 fully saturated rings. The predicted octanol–water partition coefficient (Wildman–Crippen LogP) is 4.79. The number of nitrogens with zero attached hydrogens (tertiary/aromatic N) is 1. The number of ether oxygens (including phenoxy) is 1. The number of anilines is 2. The maximum atomic E-state index is 12.8. The van der Waals surface area contributed by atoms with Gasteiger partial charge in [-0.15, -0.1) is 11.3 Å². The van der Waals surface area contributed by atoms with E-state index in [2.05, 4.69) is 27.7 Å². The summed E-state index contributed by atoms with van der Waals surface area (Å²) in [6.07, 6.45) is 2.15. The standard InChI is InChI=1S/C26H29N3O3S/c30-25(11-3-9-24-10-4-16-33-24)27-23-8-2-6-21(18-23)26(31)28-22-7-1-5-20(17-22)19-29-12-14-32-15-13-29/h1-2,4-8,10,16-18H,3,9,11-15,19H2,(H,27,30)(H,28,31). The van der Waals surface area contributed by atoms with E-state index in [0.29, 0.717) is 17.7 Å². The number of aryl methyl sites for hydroxylation is 1. The van der Waals surface area contributed by atoms with Crippen molar-refractivity contribution in [2.75, 3.05) is 36.9 Å². The number of carbonyl (C=O) groups excluding carboxylic acids is 2. The summed E-state index contributed by atoms with van der Waals surface area (Å²) in [5.41, 5.74) is 3.04. The monoisotopic (exact) mass is 463 g/mol. The van der Waals surface area contributed by atoms with Gasteiger partial charge >= 0.3 is 0 Å². The average Bonchev–Trinajstić information content (AvgIpc) is 3.34. The topological polar surface area (TPSA) is 70.7 Å². The molecule has 2 heterocycles. The number of hydrogen-bond acceptors (Lipinski definition) is 5. The van der Waals surface area contributed by atoms with Gasteiger partial charge in [0.2, 0.25) is 5.91 Å². The summed E-state index contributed by atoms with van der Waals surface area (Å²) in [4.78, 5) is 28.7. The van der Waals surface area contributed by atoms with Crippen LogP contribution >= 0.6 is 11.3 Å². The highest BCUT2D eigenvalue weighted by atomic mass is 32.1. The molecule has 1 aliphatic heterocycles. The molecule has 2 aromatic carbocycles. The van der Waals surface area contributed by atoms with E-state index in [-0.39, 0.29) is 11.8 Å². The van der Waals surface area contributed by atoms with E-state index in [1.54, 1.807) is 35.6 Å². The molecule has 2 amide bonds. The van der Waals surface area contributed by atoms with E-state index in [9.17, 15) is 9.59 Å². The van der Waals surface area contributed by atoms with E-state index >= 15 is 0 Å². The molecule has 0 bridgehead atoms. The first kappa shape index (κ1) is 23.2. The number of amides is 2. The summed E-state index contributed by atoms with van der Waals surface area (Å²) in [7, 11) is 0. The summed E-state index contributed by atoms with van der Waals surface area (Å²) in [5.74, 6) is -0.243. The number of thiophene rings is 1. The molecule has 0 spiro atoms. The first-order valence-corrected chi connectivity index (χ1v) is 12.2. The van der Waals surface area contributed by atoms with Crippen LogP contribution in [0.5, 0.6) is 0 Å². The van der Waals surface area contributed by atoms with Gasteiger partial charge in [-0.1, -0.05) is 24.3 Å². The lowest BCUT2D eigenvalue weighted by molar-refractivity contribution is -0.116. The summed E-state index contributed by atoms with van der Waals surface area (Å²) >= 11 is 1.71. The van der Waals surface area contributed by atoms with Crippen LogP contribution in [0, 0.1) is 0 Å². The predicted molar refractivity (Wildman–Crippen MR) is 133 cm³/mol. The summed E-state index contributed by atoms with van der Waals surface area (Å²) in [6, 6.07) is 19.1. The second-order valence-electron chi connectivity index (χ2n) is 8.10. The van der Waals surface area contributed by atoms with Gasteiger partial charge in [-0.05, 0) is 60.2 Å². The Bertz CT molecular complexity index is 1060. The minimum Gasteiger partial charge on any atom is -0.379 e. The largest absolute Gasteiger partial charge is 0.379 e. The van der Waals surface area contributed by atoms with Gasteiger partial charge in [-0.25, -0.2) is 0 Å². The lowest BCUT2D eigenvalue weighted by Crippen LogP contribution is -2.35.